The number of piperazine rings is 1. The van der Waals surface area contributed by atoms with Gasteiger partial charge in [-0.05, 0) is 92.9 Å². The number of benzene rings is 3. The van der Waals surface area contributed by atoms with E-state index in [0.717, 1.165) is 60.1 Å². The zero-order valence-electron chi connectivity index (χ0n) is 24.1. The Morgan fingerprint density at radius 1 is 1.02 bits per heavy atom. The maximum Gasteiger partial charge on any atom is 0.319 e. The van der Waals surface area contributed by atoms with Crippen LogP contribution in [0.25, 0.3) is 32.8 Å². The van der Waals surface area contributed by atoms with Gasteiger partial charge in [0.25, 0.3) is 0 Å². The summed E-state index contributed by atoms with van der Waals surface area (Å²) >= 11 is 6.96. The lowest BCUT2D eigenvalue weighted by molar-refractivity contribution is 0.171. The topological polar surface area (TPSA) is 53.5 Å². The highest BCUT2D eigenvalue weighted by molar-refractivity contribution is 6.35. The fraction of sp³-hybridized carbons (Fsp3) is 0.471. The fourth-order valence-corrected chi connectivity index (χ4v) is 8.04. The Kier molecular flexibility index (Phi) is 6.54. The number of ether oxygens (including phenoxy) is 1. The molecule has 1 N–H and O–H groups in total. The van der Waals surface area contributed by atoms with Gasteiger partial charge < -0.3 is 15.0 Å². The maximum atomic E-state index is 16.8. The SMILES string of the molecule is Cc1cc(-c2c(Cl)cc3c(N4CC5CCC(C4)N5)nc(OCCC4(N5CCCC5)CC4)nc3c2F)c2ccccc2c1. The lowest BCUT2D eigenvalue weighted by atomic mass is 9.94. The molecule has 42 heavy (non-hydrogen) atoms. The second kappa shape index (κ2) is 10.3. The molecule has 1 aromatic heterocycles. The highest BCUT2D eigenvalue weighted by Gasteiger charge is 2.48. The summed E-state index contributed by atoms with van der Waals surface area (Å²) in [7, 11) is 0. The number of likely N-dealkylation sites (tertiary alicyclic amines) is 1. The number of aromatic nitrogens is 2. The van der Waals surface area contributed by atoms with E-state index in [1.807, 2.05) is 37.3 Å². The monoisotopic (exact) mass is 585 g/mol. The molecule has 8 heteroatoms. The number of aryl methyl sites for hydroxylation is 1. The van der Waals surface area contributed by atoms with Crippen molar-refractivity contribution in [1.29, 1.82) is 0 Å². The van der Waals surface area contributed by atoms with Crippen LogP contribution in [0.1, 0.15) is 50.5 Å². The molecule has 2 bridgehead atoms. The smallest absolute Gasteiger partial charge is 0.319 e. The van der Waals surface area contributed by atoms with E-state index in [1.54, 1.807) is 0 Å². The predicted molar refractivity (Wildman–Crippen MR) is 167 cm³/mol. The summed E-state index contributed by atoms with van der Waals surface area (Å²) in [5, 5.41) is 6.72. The van der Waals surface area contributed by atoms with Crippen LogP contribution < -0.4 is 15.0 Å². The fourth-order valence-electron chi connectivity index (χ4n) is 7.74. The van der Waals surface area contributed by atoms with Crippen LogP contribution in [0.3, 0.4) is 0 Å². The van der Waals surface area contributed by atoms with E-state index in [0.29, 0.717) is 34.7 Å². The minimum absolute atomic E-state index is 0.252. The number of hydrogen-bond donors (Lipinski definition) is 1. The molecule has 1 saturated carbocycles. The molecule has 3 aromatic carbocycles. The van der Waals surface area contributed by atoms with Gasteiger partial charge in [0.1, 0.15) is 11.3 Å². The molecule has 0 radical (unpaired) electrons. The van der Waals surface area contributed by atoms with Gasteiger partial charge >= 0.3 is 6.01 Å². The van der Waals surface area contributed by atoms with Gasteiger partial charge in [0.2, 0.25) is 0 Å². The first kappa shape index (κ1) is 26.6. The van der Waals surface area contributed by atoms with E-state index in [1.165, 1.54) is 38.8 Å². The molecule has 4 aromatic rings. The van der Waals surface area contributed by atoms with Crippen LogP contribution in [0.4, 0.5) is 10.2 Å². The van der Waals surface area contributed by atoms with Crippen molar-refractivity contribution in [3.8, 4) is 17.1 Å². The second-order valence-corrected chi connectivity index (χ2v) is 13.3. The molecular formula is C34H37ClFN5O. The summed E-state index contributed by atoms with van der Waals surface area (Å²) in [6.45, 7) is 6.57. The van der Waals surface area contributed by atoms with Crippen LogP contribution >= 0.6 is 11.6 Å². The Balaban J connectivity index is 1.22. The Bertz CT molecular complexity index is 1670. The zero-order valence-corrected chi connectivity index (χ0v) is 24.9. The minimum Gasteiger partial charge on any atom is -0.463 e. The van der Waals surface area contributed by atoms with Crippen molar-refractivity contribution in [2.45, 2.75) is 69.5 Å². The molecule has 2 unspecified atom stereocenters. The van der Waals surface area contributed by atoms with Crippen LogP contribution in [-0.4, -0.2) is 65.3 Å². The molecule has 4 aliphatic rings. The zero-order chi connectivity index (χ0) is 28.4. The highest BCUT2D eigenvalue weighted by Crippen LogP contribution is 2.46. The summed E-state index contributed by atoms with van der Waals surface area (Å²) < 4.78 is 23.1. The van der Waals surface area contributed by atoms with Gasteiger partial charge in [0.05, 0.1) is 11.6 Å². The van der Waals surface area contributed by atoms with Crippen molar-refractivity contribution in [2.75, 3.05) is 37.7 Å². The average molecular weight is 586 g/mol. The van der Waals surface area contributed by atoms with E-state index >= 15 is 4.39 Å². The number of rotatable bonds is 7. The molecule has 8 rings (SSSR count). The second-order valence-electron chi connectivity index (χ2n) is 12.9. The Morgan fingerprint density at radius 3 is 2.55 bits per heavy atom. The molecule has 2 atom stereocenters. The average Bonchev–Trinajstić information content (AvgIpc) is 3.39. The molecule has 0 spiro atoms. The quantitative estimate of drug-likeness (QED) is 0.255. The number of hydrogen-bond acceptors (Lipinski definition) is 6. The van der Waals surface area contributed by atoms with Gasteiger partial charge in [-0.15, -0.1) is 0 Å². The molecule has 3 saturated heterocycles. The van der Waals surface area contributed by atoms with Crippen molar-refractivity contribution < 1.29 is 9.13 Å². The van der Waals surface area contributed by atoms with Crippen LogP contribution in [-0.2, 0) is 0 Å². The number of fused-ring (bicyclic) bond motifs is 4. The predicted octanol–water partition coefficient (Wildman–Crippen LogP) is 6.89. The van der Waals surface area contributed by atoms with Gasteiger partial charge in [0.15, 0.2) is 5.82 Å². The number of nitrogens with zero attached hydrogens (tertiary/aromatic N) is 4. The van der Waals surface area contributed by atoms with Crippen molar-refractivity contribution in [3.63, 3.8) is 0 Å². The van der Waals surface area contributed by atoms with Gasteiger partial charge in [-0.2, -0.15) is 9.97 Å². The van der Waals surface area contributed by atoms with E-state index in [2.05, 4.69) is 27.2 Å². The molecule has 0 amide bonds. The van der Waals surface area contributed by atoms with E-state index in [-0.39, 0.29) is 17.1 Å². The van der Waals surface area contributed by atoms with E-state index < -0.39 is 5.82 Å². The first-order valence-corrected chi connectivity index (χ1v) is 15.9. The normalized spacial score (nSPS) is 23.3. The molecule has 1 aliphatic carbocycles. The number of anilines is 1. The number of nitrogens with one attached hydrogen (secondary N) is 1. The third kappa shape index (κ3) is 4.61. The van der Waals surface area contributed by atoms with Crippen molar-refractivity contribution >= 4 is 39.1 Å². The Morgan fingerprint density at radius 2 is 1.79 bits per heavy atom. The van der Waals surface area contributed by atoms with Crippen LogP contribution in [0.5, 0.6) is 6.01 Å². The summed E-state index contributed by atoms with van der Waals surface area (Å²) in [5.74, 6) is 0.297. The van der Waals surface area contributed by atoms with Gasteiger partial charge in [-0.3, -0.25) is 4.90 Å². The molecular weight excluding hydrogens is 549 g/mol. The highest BCUT2D eigenvalue weighted by atomic mass is 35.5. The van der Waals surface area contributed by atoms with E-state index in [9.17, 15) is 0 Å². The molecule has 3 aliphatic heterocycles. The van der Waals surface area contributed by atoms with Crippen molar-refractivity contribution in [3.05, 3.63) is 58.9 Å². The molecule has 218 valence electrons. The van der Waals surface area contributed by atoms with Gasteiger partial charge in [0, 0.05) is 41.7 Å². The van der Waals surface area contributed by atoms with Gasteiger partial charge in [-0.1, -0.05) is 48.0 Å². The lowest BCUT2D eigenvalue weighted by Gasteiger charge is -2.34. The molecule has 4 heterocycles. The first-order chi connectivity index (χ1) is 20.5. The van der Waals surface area contributed by atoms with Crippen LogP contribution in [0.2, 0.25) is 5.02 Å². The Hall–Kier alpha value is -3.00. The summed E-state index contributed by atoms with van der Waals surface area (Å²) in [6, 6.07) is 15.1. The van der Waals surface area contributed by atoms with Crippen LogP contribution in [0.15, 0.2) is 42.5 Å². The number of halogens is 2. The minimum atomic E-state index is -0.421. The van der Waals surface area contributed by atoms with E-state index in [4.69, 9.17) is 26.3 Å². The standard InChI is InChI=1S/C34H37ClFN5O/c1-21-16-22-6-2-3-7-25(22)26(17-21)29-28(35)18-27-31(30(29)36)38-33(39-32(27)40-19-23-8-9-24(20-40)37-23)42-15-12-34(10-11-34)41-13-4-5-14-41/h2-3,6-7,16-18,23-24,37H,4-5,8-15,19-20H2,1H3. The van der Waals surface area contributed by atoms with Crippen LogP contribution in [0, 0.1) is 12.7 Å². The third-order valence-electron chi connectivity index (χ3n) is 10.0. The van der Waals surface area contributed by atoms with Gasteiger partial charge in [-0.25, -0.2) is 4.39 Å². The summed E-state index contributed by atoms with van der Waals surface area (Å²) in [6.07, 6.45) is 8.26. The summed E-state index contributed by atoms with van der Waals surface area (Å²) in [5.41, 5.74) is 2.75. The Labute approximate surface area is 251 Å². The first-order valence-electron chi connectivity index (χ1n) is 15.6. The third-order valence-corrected chi connectivity index (χ3v) is 10.3. The maximum absolute atomic E-state index is 16.8. The largest absolute Gasteiger partial charge is 0.463 e. The van der Waals surface area contributed by atoms with Crippen molar-refractivity contribution in [1.82, 2.24) is 20.2 Å². The molecule has 6 nitrogen and oxygen atoms in total. The van der Waals surface area contributed by atoms with Crippen molar-refractivity contribution in [2.24, 2.45) is 0 Å². The summed E-state index contributed by atoms with van der Waals surface area (Å²) in [4.78, 5) is 14.6. The lowest BCUT2D eigenvalue weighted by Crippen LogP contribution is -2.51. The molecule has 4 fully saturated rings.